The van der Waals surface area contributed by atoms with E-state index in [2.05, 4.69) is 20.3 Å². The number of anilines is 1. The molecule has 17 heavy (non-hydrogen) atoms. The molecule has 0 fully saturated rings. The lowest BCUT2D eigenvalue weighted by Crippen LogP contribution is -2.05. The van der Waals surface area contributed by atoms with Crippen molar-refractivity contribution >= 4 is 5.95 Å². The van der Waals surface area contributed by atoms with Gasteiger partial charge in [-0.1, -0.05) is 6.92 Å². The van der Waals surface area contributed by atoms with Crippen LogP contribution >= 0.6 is 0 Å². The molecule has 0 saturated carbocycles. The average Bonchev–Trinajstić information content (AvgIpc) is 2.89. The summed E-state index contributed by atoms with van der Waals surface area (Å²) in [5.41, 5.74) is 0.797. The average molecular weight is 234 g/mol. The van der Waals surface area contributed by atoms with Crippen LogP contribution in [0.1, 0.15) is 13.3 Å². The fourth-order valence-electron chi connectivity index (χ4n) is 1.25. The molecule has 0 atom stereocenters. The van der Waals surface area contributed by atoms with E-state index in [1.165, 1.54) is 0 Å². The minimum absolute atomic E-state index is 0.322. The summed E-state index contributed by atoms with van der Waals surface area (Å²) < 4.78 is 10.4. The predicted molar refractivity (Wildman–Crippen MR) is 62.9 cm³/mol. The second-order valence-corrected chi connectivity index (χ2v) is 3.38. The molecule has 0 unspecified atom stereocenters. The minimum Gasteiger partial charge on any atom is -0.472 e. The first-order valence-corrected chi connectivity index (χ1v) is 5.42. The van der Waals surface area contributed by atoms with Crippen LogP contribution in [0.25, 0.3) is 11.4 Å². The number of furan rings is 1. The van der Waals surface area contributed by atoms with Crippen molar-refractivity contribution in [1.82, 2.24) is 15.0 Å². The molecule has 0 radical (unpaired) electrons. The molecule has 90 valence electrons. The zero-order valence-corrected chi connectivity index (χ0v) is 9.80. The van der Waals surface area contributed by atoms with Crippen LogP contribution in [0.15, 0.2) is 23.0 Å². The van der Waals surface area contributed by atoms with Crippen molar-refractivity contribution in [2.75, 3.05) is 19.0 Å². The Balaban J connectivity index is 2.32. The number of hydrogen-bond acceptors (Lipinski definition) is 6. The smallest absolute Gasteiger partial charge is 0.321 e. The van der Waals surface area contributed by atoms with Crippen molar-refractivity contribution in [2.45, 2.75) is 13.3 Å². The predicted octanol–water partition coefficient (Wildman–Crippen LogP) is 1.96. The molecule has 6 nitrogen and oxygen atoms in total. The van der Waals surface area contributed by atoms with Gasteiger partial charge in [0.2, 0.25) is 5.95 Å². The Morgan fingerprint density at radius 2 is 2.24 bits per heavy atom. The van der Waals surface area contributed by atoms with E-state index in [0.29, 0.717) is 24.4 Å². The normalized spacial score (nSPS) is 10.2. The summed E-state index contributed by atoms with van der Waals surface area (Å²) in [5, 5.41) is 2.87. The maximum absolute atomic E-state index is 5.40. The molecular weight excluding hydrogens is 220 g/mol. The van der Waals surface area contributed by atoms with Gasteiger partial charge in [-0.3, -0.25) is 0 Å². The highest BCUT2D eigenvalue weighted by atomic mass is 16.5. The summed E-state index contributed by atoms with van der Waals surface area (Å²) in [6.07, 6.45) is 4.06. The van der Waals surface area contributed by atoms with E-state index < -0.39 is 0 Å². The summed E-state index contributed by atoms with van der Waals surface area (Å²) in [4.78, 5) is 12.6. The Bertz CT molecular complexity index is 470. The Morgan fingerprint density at radius 3 is 2.88 bits per heavy atom. The molecule has 2 rings (SSSR count). The van der Waals surface area contributed by atoms with Crippen LogP contribution in [-0.4, -0.2) is 28.6 Å². The van der Waals surface area contributed by atoms with Crippen LogP contribution in [-0.2, 0) is 0 Å². The first-order valence-electron chi connectivity index (χ1n) is 5.42. The molecule has 2 heterocycles. The maximum atomic E-state index is 5.40. The highest BCUT2D eigenvalue weighted by molar-refractivity contribution is 5.54. The lowest BCUT2D eigenvalue weighted by atomic mass is 10.3. The van der Waals surface area contributed by atoms with Gasteiger partial charge >= 0.3 is 6.01 Å². The molecule has 0 aromatic carbocycles. The second kappa shape index (κ2) is 5.29. The van der Waals surface area contributed by atoms with E-state index in [0.717, 1.165) is 12.0 Å². The van der Waals surface area contributed by atoms with E-state index >= 15 is 0 Å². The summed E-state index contributed by atoms with van der Waals surface area (Å²) in [5.74, 6) is 1.01. The van der Waals surface area contributed by atoms with Crippen LogP contribution in [0.2, 0.25) is 0 Å². The first-order chi connectivity index (χ1) is 8.33. The zero-order chi connectivity index (χ0) is 12.1. The Kier molecular flexibility index (Phi) is 3.54. The maximum Gasteiger partial charge on any atom is 0.321 e. The van der Waals surface area contributed by atoms with Gasteiger partial charge in [0, 0.05) is 7.05 Å². The lowest BCUT2D eigenvalue weighted by Gasteiger charge is -2.06. The Morgan fingerprint density at radius 1 is 1.35 bits per heavy atom. The van der Waals surface area contributed by atoms with Gasteiger partial charge in [0.25, 0.3) is 0 Å². The van der Waals surface area contributed by atoms with E-state index in [9.17, 15) is 0 Å². The lowest BCUT2D eigenvalue weighted by molar-refractivity contribution is 0.292. The standard InChI is InChI=1S/C11H14N4O2/c1-3-5-17-11-14-9(8-4-6-16-7-8)13-10(12-2)15-11/h4,6-7H,3,5H2,1-2H3,(H,12,13,14,15). The van der Waals surface area contributed by atoms with Crippen molar-refractivity contribution in [3.8, 4) is 17.4 Å². The van der Waals surface area contributed by atoms with Crippen LogP contribution < -0.4 is 10.1 Å². The van der Waals surface area contributed by atoms with E-state index in [-0.39, 0.29) is 0 Å². The molecule has 0 aliphatic heterocycles. The van der Waals surface area contributed by atoms with Crippen molar-refractivity contribution in [3.63, 3.8) is 0 Å². The van der Waals surface area contributed by atoms with Gasteiger partial charge in [0.1, 0.15) is 6.26 Å². The number of aromatic nitrogens is 3. The molecule has 2 aromatic heterocycles. The number of rotatable bonds is 5. The second-order valence-electron chi connectivity index (χ2n) is 3.38. The number of ether oxygens (including phenoxy) is 1. The summed E-state index contributed by atoms with van der Waals surface area (Å²) >= 11 is 0. The van der Waals surface area contributed by atoms with Crippen LogP contribution in [0, 0.1) is 0 Å². The third-order valence-electron chi connectivity index (χ3n) is 2.05. The van der Waals surface area contributed by atoms with E-state index in [4.69, 9.17) is 9.15 Å². The molecule has 0 saturated heterocycles. The summed E-state index contributed by atoms with van der Waals surface area (Å²) in [6.45, 7) is 2.61. The van der Waals surface area contributed by atoms with Crippen LogP contribution in [0.5, 0.6) is 6.01 Å². The zero-order valence-electron chi connectivity index (χ0n) is 9.80. The summed E-state index contributed by atoms with van der Waals surface area (Å²) in [6, 6.07) is 2.11. The van der Waals surface area contributed by atoms with Gasteiger partial charge in [0.15, 0.2) is 5.82 Å². The highest BCUT2D eigenvalue weighted by Gasteiger charge is 2.09. The van der Waals surface area contributed by atoms with Crippen LogP contribution in [0.4, 0.5) is 5.95 Å². The van der Waals surface area contributed by atoms with Crippen molar-refractivity contribution < 1.29 is 9.15 Å². The third kappa shape index (κ3) is 2.72. The molecule has 0 aliphatic carbocycles. The van der Waals surface area contributed by atoms with E-state index in [1.807, 2.05) is 6.92 Å². The topological polar surface area (TPSA) is 73.1 Å². The van der Waals surface area contributed by atoms with Gasteiger partial charge < -0.3 is 14.5 Å². The largest absolute Gasteiger partial charge is 0.472 e. The SMILES string of the molecule is CCCOc1nc(NC)nc(-c2ccoc2)n1. The van der Waals surface area contributed by atoms with Crippen molar-refractivity contribution in [2.24, 2.45) is 0 Å². The molecular formula is C11H14N4O2. The van der Waals surface area contributed by atoms with Gasteiger partial charge in [-0.05, 0) is 12.5 Å². The number of nitrogens with one attached hydrogen (secondary N) is 1. The van der Waals surface area contributed by atoms with Gasteiger partial charge in [0.05, 0.1) is 18.4 Å². The number of nitrogens with zero attached hydrogens (tertiary/aromatic N) is 3. The third-order valence-corrected chi connectivity index (χ3v) is 2.05. The Labute approximate surface area is 99.1 Å². The molecule has 6 heteroatoms. The summed E-state index contributed by atoms with van der Waals surface area (Å²) in [7, 11) is 1.75. The van der Waals surface area contributed by atoms with Gasteiger partial charge in [-0.2, -0.15) is 15.0 Å². The quantitative estimate of drug-likeness (QED) is 0.852. The van der Waals surface area contributed by atoms with Gasteiger partial charge in [-0.15, -0.1) is 0 Å². The van der Waals surface area contributed by atoms with Crippen molar-refractivity contribution in [3.05, 3.63) is 18.6 Å². The molecule has 0 spiro atoms. The van der Waals surface area contributed by atoms with E-state index in [1.54, 1.807) is 25.6 Å². The first kappa shape index (κ1) is 11.4. The highest BCUT2D eigenvalue weighted by Crippen LogP contribution is 2.18. The Hall–Kier alpha value is -2.11. The van der Waals surface area contributed by atoms with Gasteiger partial charge in [-0.25, -0.2) is 0 Å². The van der Waals surface area contributed by atoms with Crippen molar-refractivity contribution in [1.29, 1.82) is 0 Å². The minimum atomic E-state index is 0.322. The molecule has 0 aliphatic rings. The fourth-order valence-corrected chi connectivity index (χ4v) is 1.25. The molecule has 0 amide bonds. The molecule has 1 N–H and O–H groups in total. The molecule has 2 aromatic rings. The van der Waals surface area contributed by atoms with Crippen LogP contribution in [0.3, 0.4) is 0 Å². The molecule has 0 bridgehead atoms. The number of hydrogen-bond donors (Lipinski definition) is 1. The fraction of sp³-hybridized carbons (Fsp3) is 0.364. The monoisotopic (exact) mass is 234 g/mol.